The molecule has 0 aliphatic carbocycles. The number of rotatable bonds is 7. The molecular weight excluding hydrogens is 506 g/mol. The van der Waals surface area contributed by atoms with Crippen molar-refractivity contribution in [3.8, 4) is 45.6 Å². The lowest BCUT2D eigenvalue weighted by Crippen LogP contribution is -2.00. The molecule has 0 spiro atoms. The summed E-state index contributed by atoms with van der Waals surface area (Å²) in [6, 6.07) is 5.01. The minimum Gasteiger partial charge on any atom is -0.507 e. The van der Waals surface area contributed by atoms with Gasteiger partial charge in [-0.15, -0.1) is 0 Å². The Morgan fingerprint density at radius 1 is 0.675 bits per heavy atom. The van der Waals surface area contributed by atoms with Gasteiger partial charge in [-0.2, -0.15) is 0 Å². The first-order valence-corrected chi connectivity index (χ1v) is 13.8. The maximum Gasteiger partial charge on any atom is 0.167 e. The Morgan fingerprint density at radius 2 is 1.23 bits per heavy atom. The van der Waals surface area contributed by atoms with Crippen LogP contribution in [0.5, 0.6) is 34.5 Å². The van der Waals surface area contributed by atoms with Crippen molar-refractivity contribution in [1.82, 2.24) is 0 Å². The second-order valence-corrected chi connectivity index (χ2v) is 11.2. The van der Waals surface area contributed by atoms with Gasteiger partial charge in [0.05, 0.1) is 0 Å². The number of aliphatic imine (C=N–C) groups is 1. The Bertz CT molecular complexity index is 1670. The van der Waals surface area contributed by atoms with Gasteiger partial charge in [-0.3, -0.25) is 4.99 Å². The van der Waals surface area contributed by atoms with Gasteiger partial charge < -0.3 is 30.6 Å². The number of hydrogen-bond acceptors (Lipinski definition) is 7. The minimum atomic E-state index is -0.358. The van der Waals surface area contributed by atoms with E-state index in [0.29, 0.717) is 61.5 Å². The number of nitrogens with zero attached hydrogens (tertiary/aromatic N) is 1. The third-order valence-corrected chi connectivity index (χ3v) is 7.66. The fraction of sp³-hybridized carbons (Fsp3) is 0.364. The van der Waals surface area contributed by atoms with Gasteiger partial charge in [-0.05, 0) is 60.1 Å². The van der Waals surface area contributed by atoms with Gasteiger partial charge >= 0.3 is 0 Å². The van der Waals surface area contributed by atoms with Crippen molar-refractivity contribution in [2.24, 2.45) is 4.99 Å². The minimum absolute atomic E-state index is 0.130. The lowest BCUT2D eigenvalue weighted by atomic mass is 9.84. The number of fused-ring (bicyclic) bond motifs is 2. The molecule has 0 amide bonds. The molecule has 0 aromatic heterocycles. The van der Waals surface area contributed by atoms with E-state index in [1.807, 2.05) is 53.7 Å². The second kappa shape index (κ2) is 10.8. The lowest BCUT2D eigenvalue weighted by Gasteiger charge is -2.22. The molecule has 4 rings (SSSR count). The van der Waals surface area contributed by atoms with Gasteiger partial charge in [-0.1, -0.05) is 53.2 Å². The van der Waals surface area contributed by atoms with Crippen LogP contribution in [0.2, 0.25) is 0 Å². The number of phenolic OH excluding ortho intramolecular Hbond substituents is 6. The summed E-state index contributed by atoms with van der Waals surface area (Å²) in [4.78, 5) is 4.44. The van der Waals surface area contributed by atoms with E-state index in [0.717, 1.165) is 12.8 Å². The van der Waals surface area contributed by atoms with Gasteiger partial charge in [0.15, 0.2) is 23.0 Å². The summed E-state index contributed by atoms with van der Waals surface area (Å²) in [5, 5.41) is 68.5. The molecule has 7 heteroatoms. The summed E-state index contributed by atoms with van der Waals surface area (Å²) in [6.07, 6.45) is 3.29. The quantitative estimate of drug-likeness (QED) is 0.0792. The maximum absolute atomic E-state index is 11.9. The van der Waals surface area contributed by atoms with Gasteiger partial charge in [-0.25, -0.2) is 0 Å². The molecule has 0 unspecified atom stereocenters. The molecule has 212 valence electrons. The number of unbranched alkanes of at least 4 members (excludes halogenated alkanes) is 1. The number of phenols is 6. The maximum atomic E-state index is 11.9. The number of aryl methyl sites for hydroxylation is 2. The zero-order chi connectivity index (χ0) is 29.6. The highest BCUT2D eigenvalue weighted by atomic mass is 16.3. The highest BCUT2D eigenvalue weighted by molar-refractivity contribution is 6.12. The molecule has 0 aliphatic heterocycles. The molecule has 0 saturated heterocycles. The Morgan fingerprint density at radius 3 is 1.80 bits per heavy atom. The Kier molecular flexibility index (Phi) is 7.79. The van der Waals surface area contributed by atoms with E-state index in [4.69, 9.17) is 0 Å². The van der Waals surface area contributed by atoms with E-state index in [9.17, 15) is 30.6 Å². The van der Waals surface area contributed by atoms with Crippen molar-refractivity contribution < 1.29 is 30.6 Å². The average molecular weight is 546 g/mol. The first kappa shape index (κ1) is 28.9. The van der Waals surface area contributed by atoms with Crippen molar-refractivity contribution in [2.75, 3.05) is 6.54 Å². The Balaban J connectivity index is 2.16. The molecule has 0 heterocycles. The first-order chi connectivity index (χ1) is 18.8. The molecule has 40 heavy (non-hydrogen) atoms. The fourth-order valence-corrected chi connectivity index (χ4v) is 5.77. The van der Waals surface area contributed by atoms with Gasteiger partial charge in [0, 0.05) is 51.3 Å². The molecule has 0 saturated carbocycles. The van der Waals surface area contributed by atoms with Crippen LogP contribution in [0.4, 0.5) is 0 Å². The Hall–Kier alpha value is -4.13. The summed E-state index contributed by atoms with van der Waals surface area (Å²) in [6.45, 7) is 13.8. The third-order valence-electron chi connectivity index (χ3n) is 7.66. The first-order valence-electron chi connectivity index (χ1n) is 13.8. The second-order valence-electron chi connectivity index (χ2n) is 11.2. The summed E-state index contributed by atoms with van der Waals surface area (Å²) in [5.41, 5.74) is 3.27. The van der Waals surface area contributed by atoms with Crippen molar-refractivity contribution in [3.63, 3.8) is 0 Å². The zero-order valence-electron chi connectivity index (χ0n) is 24.2. The highest BCUT2D eigenvalue weighted by Crippen LogP contribution is 2.53. The van der Waals surface area contributed by atoms with Crippen LogP contribution in [0.15, 0.2) is 23.2 Å². The van der Waals surface area contributed by atoms with Crippen molar-refractivity contribution in [3.05, 3.63) is 46.0 Å². The van der Waals surface area contributed by atoms with Crippen LogP contribution in [-0.4, -0.2) is 43.4 Å². The molecule has 0 aliphatic rings. The predicted molar refractivity (Wildman–Crippen MR) is 162 cm³/mol. The summed E-state index contributed by atoms with van der Waals surface area (Å²) in [7, 11) is 0. The van der Waals surface area contributed by atoms with E-state index in [-0.39, 0.29) is 51.9 Å². The van der Waals surface area contributed by atoms with E-state index in [1.54, 1.807) is 0 Å². The lowest BCUT2D eigenvalue weighted by molar-refractivity contribution is 0.398. The standard InChI is InChI=1S/C33H39NO6/c1-8-9-10-34-14-22-28-21(25(16(4)5)33(40)30(22)37)12-18(7)27(32(28)39)26-17(6)11-19-20(29(26)36)13-23(35)31(38)24(19)15(2)3/h11-16,35-40H,8-10H2,1-7H3. The fourth-order valence-electron chi connectivity index (χ4n) is 5.77. The van der Waals surface area contributed by atoms with Crippen LogP contribution in [-0.2, 0) is 0 Å². The van der Waals surface area contributed by atoms with E-state index >= 15 is 0 Å². The summed E-state index contributed by atoms with van der Waals surface area (Å²) < 4.78 is 0. The highest BCUT2D eigenvalue weighted by Gasteiger charge is 2.28. The van der Waals surface area contributed by atoms with Crippen molar-refractivity contribution in [2.45, 2.75) is 73.1 Å². The van der Waals surface area contributed by atoms with Gasteiger partial charge in [0.2, 0.25) is 0 Å². The van der Waals surface area contributed by atoms with Crippen LogP contribution in [0.25, 0.3) is 32.7 Å². The largest absolute Gasteiger partial charge is 0.507 e. The summed E-state index contributed by atoms with van der Waals surface area (Å²) >= 11 is 0. The number of hydrogen-bond donors (Lipinski definition) is 6. The summed E-state index contributed by atoms with van der Waals surface area (Å²) in [5.74, 6) is -1.75. The number of aromatic hydroxyl groups is 6. The molecular formula is C33H39NO6. The predicted octanol–water partition coefficient (Wildman–Crippen LogP) is 7.98. The van der Waals surface area contributed by atoms with Crippen LogP contribution in [0.1, 0.15) is 87.1 Å². The van der Waals surface area contributed by atoms with E-state index in [2.05, 4.69) is 11.9 Å². The van der Waals surface area contributed by atoms with Gasteiger partial charge in [0.25, 0.3) is 0 Å². The molecule has 7 nitrogen and oxygen atoms in total. The van der Waals surface area contributed by atoms with Crippen LogP contribution < -0.4 is 0 Å². The molecule has 4 aromatic carbocycles. The van der Waals surface area contributed by atoms with E-state index in [1.165, 1.54) is 12.3 Å². The molecule has 0 fully saturated rings. The van der Waals surface area contributed by atoms with Crippen LogP contribution in [0, 0.1) is 13.8 Å². The zero-order valence-corrected chi connectivity index (χ0v) is 24.2. The molecule has 6 N–H and O–H groups in total. The van der Waals surface area contributed by atoms with E-state index < -0.39 is 0 Å². The average Bonchev–Trinajstić information content (AvgIpc) is 2.87. The van der Waals surface area contributed by atoms with Crippen molar-refractivity contribution >= 4 is 27.8 Å². The smallest absolute Gasteiger partial charge is 0.167 e. The monoisotopic (exact) mass is 545 g/mol. The normalized spacial score (nSPS) is 12.1. The molecule has 0 atom stereocenters. The molecule has 4 aromatic rings. The van der Waals surface area contributed by atoms with Gasteiger partial charge in [0.1, 0.15) is 11.5 Å². The third kappa shape index (κ3) is 4.53. The van der Waals surface area contributed by atoms with Crippen molar-refractivity contribution in [1.29, 1.82) is 0 Å². The SMILES string of the molecule is CCCCN=Cc1c(O)c(O)c(C(C)C)c2cc(C)c(-c3c(C)cc4c(C(C)C)c(O)c(O)cc4c3O)c(O)c12. The van der Waals surface area contributed by atoms with Crippen LogP contribution in [0.3, 0.4) is 0 Å². The number of benzene rings is 4. The Labute approximate surface area is 234 Å². The topological polar surface area (TPSA) is 134 Å². The molecule has 0 radical (unpaired) electrons. The molecule has 0 bridgehead atoms. The van der Waals surface area contributed by atoms with Crippen LogP contribution >= 0.6 is 0 Å².